The molecule has 0 bridgehead atoms. The van der Waals surface area contributed by atoms with Gasteiger partial charge < -0.3 is 21.7 Å². The average Bonchev–Trinajstić information content (AvgIpc) is 2.10. The lowest BCUT2D eigenvalue weighted by molar-refractivity contribution is 0.403. The van der Waals surface area contributed by atoms with Crippen molar-refractivity contribution in [3.63, 3.8) is 0 Å². The molecule has 1 aromatic rings. The first kappa shape index (κ1) is 10.2. The molecule has 0 fully saturated rings. The minimum Gasteiger partial charge on any atom is -0.504 e. The van der Waals surface area contributed by atoms with Crippen molar-refractivity contribution in [2.45, 2.75) is 6.42 Å². The molecule has 76 valence electrons. The Morgan fingerprint density at radius 1 is 1.21 bits per heavy atom. The molecule has 5 heteroatoms. The highest BCUT2D eigenvalue weighted by molar-refractivity contribution is 5.75. The van der Waals surface area contributed by atoms with Crippen LogP contribution in [0.3, 0.4) is 0 Å². The topological polar surface area (TPSA) is 105 Å². The van der Waals surface area contributed by atoms with E-state index < -0.39 is 0 Å². The smallest absolute Gasteiger partial charge is 0.185 e. The lowest BCUT2D eigenvalue weighted by Gasteiger charge is -2.01. The molecule has 1 aromatic carbocycles. The monoisotopic (exact) mass is 193 g/mol. The van der Waals surface area contributed by atoms with Crippen molar-refractivity contribution in [3.05, 3.63) is 23.8 Å². The molecule has 0 atom stereocenters. The molecular weight excluding hydrogens is 180 g/mol. The third-order valence-corrected chi connectivity index (χ3v) is 1.73. The standard InChI is InChI=1S/C9H13N3O2/c10-9(11)12-4-3-6-1-2-7(13)8(14)5-6/h1-2,5,13-14H,3-4H2,(H4,10,11,12)/i3-1,4-1. The first-order valence-corrected chi connectivity index (χ1v) is 4.16. The van der Waals surface area contributed by atoms with E-state index in [0.717, 1.165) is 5.56 Å². The molecule has 0 radical (unpaired) electrons. The highest BCUT2D eigenvalue weighted by Gasteiger charge is 1.99. The number of rotatable bonds is 3. The number of aromatic hydroxyl groups is 2. The van der Waals surface area contributed by atoms with E-state index in [0.29, 0.717) is 13.0 Å². The van der Waals surface area contributed by atoms with Gasteiger partial charge >= 0.3 is 0 Å². The van der Waals surface area contributed by atoms with Crippen molar-refractivity contribution in [1.29, 1.82) is 0 Å². The number of nitrogens with two attached hydrogens (primary N) is 2. The van der Waals surface area contributed by atoms with Gasteiger partial charge in [-0.05, 0) is 24.1 Å². The van der Waals surface area contributed by atoms with Crippen LogP contribution in [0, 0.1) is 0 Å². The van der Waals surface area contributed by atoms with Gasteiger partial charge in [0.15, 0.2) is 17.5 Å². The summed E-state index contributed by atoms with van der Waals surface area (Å²) in [6.07, 6.45) is 0.617. The number of hydrogen-bond acceptors (Lipinski definition) is 3. The Kier molecular flexibility index (Phi) is 3.17. The minimum atomic E-state index is -0.132. The minimum absolute atomic E-state index is 0.0491. The molecule has 0 amide bonds. The zero-order valence-corrected chi connectivity index (χ0v) is 7.64. The van der Waals surface area contributed by atoms with Gasteiger partial charge in [-0.3, -0.25) is 4.99 Å². The van der Waals surface area contributed by atoms with Crippen LogP contribution in [0.1, 0.15) is 5.56 Å². The first-order chi connectivity index (χ1) is 6.59. The van der Waals surface area contributed by atoms with Crippen molar-refractivity contribution in [3.8, 4) is 11.5 Å². The summed E-state index contributed by atoms with van der Waals surface area (Å²) >= 11 is 0. The molecule has 1 rings (SSSR count). The van der Waals surface area contributed by atoms with E-state index in [1.54, 1.807) is 6.07 Å². The maximum atomic E-state index is 9.17. The van der Waals surface area contributed by atoms with Crippen LogP contribution >= 0.6 is 0 Å². The van der Waals surface area contributed by atoms with Crippen molar-refractivity contribution in [2.24, 2.45) is 16.5 Å². The number of benzene rings is 1. The Labute approximate surface area is 81.7 Å². The lowest BCUT2D eigenvalue weighted by atomic mass is 9.59. The van der Waals surface area contributed by atoms with Crippen LogP contribution in [0.5, 0.6) is 11.5 Å². The van der Waals surface area contributed by atoms with Gasteiger partial charge in [0.1, 0.15) is 0 Å². The fourth-order valence-corrected chi connectivity index (χ4v) is 1.04. The van der Waals surface area contributed by atoms with E-state index in [1.807, 2.05) is 0 Å². The van der Waals surface area contributed by atoms with E-state index in [2.05, 4.69) is 4.99 Å². The molecule has 0 heterocycles. The summed E-state index contributed by atoms with van der Waals surface area (Å²) in [4.78, 5) is 3.80. The maximum absolute atomic E-state index is 9.17. The third-order valence-electron chi connectivity index (χ3n) is 1.73. The van der Waals surface area contributed by atoms with Crippen LogP contribution in [0.4, 0.5) is 0 Å². The Morgan fingerprint density at radius 3 is 2.50 bits per heavy atom. The van der Waals surface area contributed by atoms with E-state index in [4.69, 9.17) is 16.6 Å². The van der Waals surface area contributed by atoms with Crippen molar-refractivity contribution >= 4 is 5.96 Å². The van der Waals surface area contributed by atoms with Crippen LogP contribution in [0.15, 0.2) is 23.2 Å². The van der Waals surface area contributed by atoms with Crippen LogP contribution in [-0.4, -0.2) is 22.7 Å². The van der Waals surface area contributed by atoms with Crippen LogP contribution < -0.4 is 11.5 Å². The second-order valence-corrected chi connectivity index (χ2v) is 2.88. The first-order valence-electron chi connectivity index (χ1n) is 4.16. The van der Waals surface area contributed by atoms with Gasteiger partial charge in [0.05, 0.1) is 0 Å². The van der Waals surface area contributed by atoms with Crippen LogP contribution in [0.2, 0.25) is 0 Å². The molecule has 0 aromatic heterocycles. The molecule has 5 nitrogen and oxygen atoms in total. The van der Waals surface area contributed by atoms with E-state index >= 15 is 0 Å². The molecule has 6 N–H and O–H groups in total. The lowest BCUT2D eigenvalue weighted by Crippen LogP contribution is -2.23. The molecule has 0 unspecified atom stereocenters. The van der Waals surface area contributed by atoms with Crippen molar-refractivity contribution in [1.82, 2.24) is 0 Å². The van der Waals surface area contributed by atoms with Gasteiger partial charge in [-0.25, -0.2) is 0 Å². The highest BCUT2D eigenvalue weighted by atomic mass is 16.3. The van der Waals surface area contributed by atoms with Gasteiger partial charge in [-0.2, -0.15) is 0 Å². The second kappa shape index (κ2) is 4.36. The summed E-state index contributed by atoms with van der Waals surface area (Å²) in [5.74, 6) is -0.212. The number of aliphatic imine (C=N–C) groups is 1. The van der Waals surface area contributed by atoms with E-state index in [9.17, 15) is 5.11 Å². The molecule has 0 saturated heterocycles. The van der Waals surface area contributed by atoms with Gasteiger partial charge in [-0.1, -0.05) is 6.07 Å². The van der Waals surface area contributed by atoms with Gasteiger partial charge in [0.25, 0.3) is 0 Å². The molecule has 0 saturated carbocycles. The fraction of sp³-hybridized carbons (Fsp3) is 0.222. The molecular formula is C9H13N3O2. The summed E-state index contributed by atoms with van der Waals surface area (Å²) in [5, 5.41) is 18.2. The SMILES string of the molecule is NC(N)=N[11CH2][11CH2]c1ccc(O)c(O)c1. The fourth-order valence-electron chi connectivity index (χ4n) is 1.04. The molecule has 14 heavy (non-hydrogen) atoms. The quantitative estimate of drug-likeness (QED) is 0.306. The third kappa shape index (κ3) is 2.85. The molecule has 0 aliphatic heterocycles. The Morgan fingerprint density at radius 2 is 1.93 bits per heavy atom. The highest BCUT2D eigenvalue weighted by Crippen LogP contribution is 2.24. The van der Waals surface area contributed by atoms with Crippen molar-refractivity contribution < 1.29 is 10.2 Å². The van der Waals surface area contributed by atoms with Gasteiger partial charge in [-0.15, -0.1) is 0 Å². The predicted molar refractivity (Wildman–Crippen MR) is 54.2 cm³/mol. The number of hydrogen-bond donors (Lipinski definition) is 4. The van der Waals surface area contributed by atoms with E-state index in [-0.39, 0.29) is 17.5 Å². The average molecular weight is 193 g/mol. The van der Waals surface area contributed by atoms with Gasteiger partial charge in [0.2, 0.25) is 0 Å². The van der Waals surface area contributed by atoms with Crippen LogP contribution in [-0.2, 0) is 6.42 Å². The van der Waals surface area contributed by atoms with Crippen molar-refractivity contribution in [2.75, 3.05) is 6.54 Å². The largest absolute Gasteiger partial charge is 0.504 e. The molecule has 0 aliphatic carbocycles. The van der Waals surface area contributed by atoms with Gasteiger partial charge in [0, 0.05) is 6.54 Å². The number of phenols is 2. The summed E-state index contributed by atoms with van der Waals surface area (Å²) < 4.78 is 0. The Bertz CT molecular complexity index is 346. The number of phenolic OH excluding ortho intramolecular Hbond substituents is 2. The summed E-state index contributed by atoms with van der Waals surface area (Å²) in [6, 6.07) is 4.62. The number of nitrogens with zero attached hydrogens (tertiary/aromatic N) is 1. The van der Waals surface area contributed by atoms with Crippen LogP contribution in [0.25, 0.3) is 0 Å². The molecule has 0 spiro atoms. The summed E-state index contributed by atoms with van der Waals surface area (Å²) in [7, 11) is 0. The summed E-state index contributed by atoms with van der Waals surface area (Å²) in [6.45, 7) is 0.465. The molecule has 0 aliphatic rings. The zero-order chi connectivity index (χ0) is 10.6. The maximum Gasteiger partial charge on any atom is 0.185 e. The predicted octanol–water partition coefficient (Wildman–Crippen LogP) is -0.0863. The Hall–Kier alpha value is -1.91. The normalized spacial score (nSPS) is 9.71. The van der Waals surface area contributed by atoms with E-state index in [1.165, 1.54) is 12.1 Å². The summed E-state index contributed by atoms with van der Waals surface area (Å²) in [5.41, 5.74) is 11.2. The zero-order valence-electron chi connectivity index (χ0n) is 7.64. The second-order valence-electron chi connectivity index (χ2n) is 2.88. The number of guanidine groups is 1. The Balaban J connectivity index is 2.60.